The first-order chi connectivity index (χ1) is 13.5. The van der Waals surface area contributed by atoms with Crippen molar-refractivity contribution in [3.05, 3.63) is 48.5 Å². The van der Waals surface area contributed by atoms with Crippen molar-refractivity contribution in [2.24, 2.45) is 11.8 Å². The average molecular weight is 378 g/mol. The summed E-state index contributed by atoms with van der Waals surface area (Å²) >= 11 is 0. The second-order valence-electron chi connectivity index (χ2n) is 7.86. The number of rotatable bonds is 4. The Morgan fingerprint density at radius 2 is 2.11 bits per heavy atom. The molecule has 3 aromatic rings. The Balaban J connectivity index is 1.51. The van der Waals surface area contributed by atoms with E-state index < -0.39 is 0 Å². The van der Waals surface area contributed by atoms with E-state index in [0.29, 0.717) is 18.3 Å². The van der Waals surface area contributed by atoms with Crippen LogP contribution in [0, 0.1) is 18.8 Å². The van der Waals surface area contributed by atoms with Crippen LogP contribution < -0.4 is 5.32 Å². The summed E-state index contributed by atoms with van der Waals surface area (Å²) in [6.07, 6.45) is 7.38. The highest BCUT2D eigenvalue weighted by Crippen LogP contribution is 2.26. The van der Waals surface area contributed by atoms with Gasteiger partial charge >= 0.3 is 0 Å². The Hall–Kier alpha value is -2.73. The Morgan fingerprint density at radius 1 is 1.25 bits per heavy atom. The van der Waals surface area contributed by atoms with Gasteiger partial charge in [0, 0.05) is 30.6 Å². The summed E-state index contributed by atoms with van der Waals surface area (Å²) in [7, 11) is 0. The Bertz CT molecular complexity index is 995. The topological polar surface area (TPSA) is 68.5 Å². The van der Waals surface area contributed by atoms with Crippen molar-refractivity contribution in [3.8, 4) is 11.1 Å². The van der Waals surface area contributed by atoms with E-state index in [-0.39, 0.29) is 17.9 Å². The van der Waals surface area contributed by atoms with E-state index in [1.54, 1.807) is 0 Å². The molecule has 0 bridgehead atoms. The van der Waals surface area contributed by atoms with Crippen molar-refractivity contribution in [2.75, 3.05) is 11.9 Å². The number of carbonyl (C=O) groups is 1. The summed E-state index contributed by atoms with van der Waals surface area (Å²) in [5.74, 6) is 1.00. The maximum absolute atomic E-state index is 12.7. The molecule has 6 heteroatoms. The Labute approximate surface area is 165 Å². The first-order valence-electron chi connectivity index (χ1n) is 9.84. The highest BCUT2D eigenvalue weighted by Gasteiger charge is 2.29. The first kappa shape index (κ1) is 18.6. The molecule has 0 aliphatic carbocycles. The van der Waals surface area contributed by atoms with Crippen molar-refractivity contribution in [3.63, 3.8) is 0 Å². The average Bonchev–Trinajstić information content (AvgIpc) is 3.09. The Kier molecular flexibility index (Phi) is 5.13. The van der Waals surface area contributed by atoms with Gasteiger partial charge in [-0.25, -0.2) is 4.98 Å². The lowest BCUT2D eigenvalue weighted by molar-refractivity contribution is -0.126. The van der Waals surface area contributed by atoms with E-state index in [1.165, 1.54) is 0 Å². The summed E-state index contributed by atoms with van der Waals surface area (Å²) in [5, 5.41) is 2.99. The van der Waals surface area contributed by atoms with E-state index in [4.69, 9.17) is 4.74 Å². The molecule has 0 aromatic carbocycles. The molecule has 2 atom stereocenters. The minimum Gasteiger partial charge on any atom is -0.378 e. The molecule has 4 rings (SSSR count). The van der Waals surface area contributed by atoms with Crippen molar-refractivity contribution >= 4 is 17.4 Å². The SMILES string of the molecule is Cc1cc(-c2ccc3nc(NC(=O)C4CCOC(C(C)C)C4)cn3c2)ccn1. The van der Waals surface area contributed by atoms with E-state index in [9.17, 15) is 4.79 Å². The molecule has 4 heterocycles. The highest BCUT2D eigenvalue weighted by molar-refractivity contribution is 5.92. The lowest BCUT2D eigenvalue weighted by atomic mass is 9.89. The number of amides is 1. The third kappa shape index (κ3) is 3.92. The predicted octanol–water partition coefficient (Wildman–Crippen LogP) is 4.09. The van der Waals surface area contributed by atoms with Crippen LogP contribution in [0.2, 0.25) is 0 Å². The molecule has 1 saturated heterocycles. The van der Waals surface area contributed by atoms with Gasteiger partial charge in [-0.05, 0) is 61.1 Å². The predicted molar refractivity (Wildman–Crippen MR) is 109 cm³/mol. The van der Waals surface area contributed by atoms with E-state index in [1.807, 2.05) is 48.1 Å². The van der Waals surface area contributed by atoms with Gasteiger partial charge in [-0.2, -0.15) is 0 Å². The van der Waals surface area contributed by atoms with Gasteiger partial charge in [0.25, 0.3) is 0 Å². The lowest BCUT2D eigenvalue weighted by Crippen LogP contribution is -2.35. The van der Waals surface area contributed by atoms with Gasteiger partial charge in [0.05, 0.1) is 12.3 Å². The second-order valence-corrected chi connectivity index (χ2v) is 7.86. The number of fused-ring (bicyclic) bond motifs is 1. The van der Waals surface area contributed by atoms with Crippen molar-refractivity contribution < 1.29 is 9.53 Å². The van der Waals surface area contributed by atoms with Crippen LogP contribution in [-0.2, 0) is 9.53 Å². The number of aromatic nitrogens is 3. The molecular formula is C22H26N4O2. The highest BCUT2D eigenvalue weighted by atomic mass is 16.5. The van der Waals surface area contributed by atoms with Gasteiger partial charge in [0.15, 0.2) is 5.82 Å². The zero-order valence-electron chi connectivity index (χ0n) is 16.6. The summed E-state index contributed by atoms with van der Waals surface area (Å²) in [6, 6.07) is 8.04. The fourth-order valence-corrected chi connectivity index (χ4v) is 3.71. The van der Waals surface area contributed by atoms with Crippen LogP contribution in [-0.4, -0.2) is 33.0 Å². The van der Waals surface area contributed by atoms with Crippen LogP contribution in [0.1, 0.15) is 32.4 Å². The van der Waals surface area contributed by atoms with Crippen molar-refractivity contribution in [1.29, 1.82) is 0 Å². The maximum Gasteiger partial charge on any atom is 0.228 e. The monoisotopic (exact) mass is 378 g/mol. The summed E-state index contributed by atoms with van der Waals surface area (Å²) in [4.78, 5) is 21.5. The standard InChI is InChI=1S/C22H26N4O2/c1-14(2)19-11-17(7-9-28-19)22(27)25-20-13-26-12-18(4-5-21(26)24-20)16-6-8-23-15(3)10-16/h4-6,8,10,12-14,17,19H,7,9,11H2,1-3H3,(H,25,27). The summed E-state index contributed by atoms with van der Waals surface area (Å²) < 4.78 is 7.72. The molecule has 146 valence electrons. The zero-order valence-corrected chi connectivity index (χ0v) is 16.6. The molecule has 0 spiro atoms. The zero-order chi connectivity index (χ0) is 19.7. The number of nitrogens with one attached hydrogen (secondary N) is 1. The normalized spacial score (nSPS) is 19.9. The third-order valence-electron chi connectivity index (χ3n) is 5.36. The summed E-state index contributed by atoms with van der Waals surface area (Å²) in [5.41, 5.74) is 3.97. The van der Waals surface area contributed by atoms with E-state index >= 15 is 0 Å². The van der Waals surface area contributed by atoms with Crippen molar-refractivity contribution in [2.45, 2.75) is 39.7 Å². The van der Waals surface area contributed by atoms with E-state index in [2.05, 4.69) is 35.2 Å². The number of nitrogens with zero attached hydrogens (tertiary/aromatic N) is 3. The number of anilines is 1. The smallest absolute Gasteiger partial charge is 0.228 e. The van der Waals surface area contributed by atoms with Crippen LogP contribution in [0.4, 0.5) is 5.82 Å². The molecule has 3 aromatic heterocycles. The molecule has 28 heavy (non-hydrogen) atoms. The van der Waals surface area contributed by atoms with E-state index in [0.717, 1.165) is 35.3 Å². The van der Waals surface area contributed by atoms with Gasteiger partial charge in [-0.1, -0.05) is 13.8 Å². The van der Waals surface area contributed by atoms with Gasteiger partial charge in [-0.15, -0.1) is 0 Å². The molecule has 1 aliphatic rings. The fourth-order valence-electron chi connectivity index (χ4n) is 3.71. The molecule has 0 saturated carbocycles. The Morgan fingerprint density at radius 3 is 2.89 bits per heavy atom. The maximum atomic E-state index is 12.7. The number of hydrogen-bond acceptors (Lipinski definition) is 4. The van der Waals surface area contributed by atoms with Crippen LogP contribution in [0.25, 0.3) is 16.8 Å². The molecule has 1 N–H and O–H groups in total. The third-order valence-corrected chi connectivity index (χ3v) is 5.36. The number of aryl methyl sites for hydroxylation is 1. The number of ether oxygens (including phenoxy) is 1. The second kappa shape index (κ2) is 7.72. The quantitative estimate of drug-likeness (QED) is 0.742. The molecule has 0 radical (unpaired) electrons. The van der Waals surface area contributed by atoms with Gasteiger partial charge in [0.2, 0.25) is 5.91 Å². The minimum absolute atomic E-state index is 0.0266. The molecule has 1 fully saturated rings. The van der Waals surface area contributed by atoms with Gasteiger partial charge in [0.1, 0.15) is 5.65 Å². The molecule has 6 nitrogen and oxygen atoms in total. The first-order valence-corrected chi connectivity index (χ1v) is 9.84. The number of hydrogen-bond donors (Lipinski definition) is 1. The van der Waals surface area contributed by atoms with Crippen LogP contribution in [0.3, 0.4) is 0 Å². The van der Waals surface area contributed by atoms with Crippen LogP contribution in [0.15, 0.2) is 42.9 Å². The summed E-state index contributed by atoms with van der Waals surface area (Å²) in [6.45, 7) is 6.89. The van der Waals surface area contributed by atoms with Gasteiger partial charge < -0.3 is 14.5 Å². The fraction of sp³-hybridized carbons (Fsp3) is 0.409. The van der Waals surface area contributed by atoms with Crippen LogP contribution in [0.5, 0.6) is 0 Å². The molecule has 2 unspecified atom stereocenters. The molecule has 1 aliphatic heterocycles. The molecule has 1 amide bonds. The number of imidazole rings is 1. The number of pyridine rings is 2. The molecular weight excluding hydrogens is 352 g/mol. The van der Waals surface area contributed by atoms with Crippen molar-refractivity contribution in [1.82, 2.24) is 14.4 Å². The van der Waals surface area contributed by atoms with Gasteiger partial charge in [-0.3, -0.25) is 9.78 Å². The minimum atomic E-state index is -0.0266. The lowest BCUT2D eigenvalue weighted by Gasteiger charge is -2.31. The van der Waals surface area contributed by atoms with Crippen LogP contribution >= 0.6 is 0 Å². The number of carbonyl (C=O) groups excluding carboxylic acids is 1. The largest absolute Gasteiger partial charge is 0.378 e.